The normalized spacial score (nSPS) is 22.9. The van der Waals surface area contributed by atoms with Crippen molar-refractivity contribution in [1.82, 2.24) is 10.1 Å². The van der Waals surface area contributed by atoms with Crippen LogP contribution in [0.2, 0.25) is 0 Å². The SMILES string of the molecule is Cc1cc(NC(=O)COC(=O)CN2C(=O)[C@@H]3CC[C@H](c4ccccc4)C[C@H]3C2=O)no1. The highest BCUT2D eigenvalue weighted by Crippen LogP contribution is 2.44. The first-order valence-electron chi connectivity index (χ1n) is 10.2. The molecule has 0 bridgehead atoms. The van der Waals surface area contributed by atoms with Gasteiger partial charge < -0.3 is 14.6 Å². The largest absolute Gasteiger partial charge is 0.454 e. The van der Waals surface area contributed by atoms with E-state index < -0.39 is 30.9 Å². The van der Waals surface area contributed by atoms with Crippen LogP contribution in [0.25, 0.3) is 0 Å². The van der Waals surface area contributed by atoms with Crippen molar-refractivity contribution in [2.75, 3.05) is 18.5 Å². The number of amides is 3. The molecule has 9 nitrogen and oxygen atoms in total. The van der Waals surface area contributed by atoms with Gasteiger partial charge in [0.15, 0.2) is 12.4 Å². The maximum Gasteiger partial charge on any atom is 0.326 e. The highest BCUT2D eigenvalue weighted by molar-refractivity contribution is 6.07. The molecule has 9 heteroatoms. The minimum Gasteiger partial charge on any atom is -0.454 e. The van der Waals surface area contributed by atoms with Crippen LogP contribution >= 0.6 is 0 Å². The van der Waals surface area contributed by atoms with E-state index in [1.807, 2.05) is 30.3 Å². The molecule has 3 amide bonds. The number of hydrogen-bond donors (Lipinski definition) is 1. The Kier molecular flexibility index (Phi) is 5.83. The minimum atomic E-state index is -0.813. The number of benzene rings is 1. The molecule has 1 saturated heterocycles. The van der Waals surface area contributed by atoms with Crippen molar-refractivity contribution in [3.8, 4) is 0 Å². The van der Waals surface area contributed by atoms with Gasteiger partial charge in [-0.3, -0.25) is 24.1 Å². The number of esters is 1. The van der Waals surface area contributed by atoms with Gasteiger partial charge in [-0.05, 0) is 37.7 Å². The van der Waals surface area contributed by atoms with E-state index in [1.54, 1.807) is 6.92 Å². The van der Waals surface area contributed by atoms with Gasteiger partial charge in [0, 0.05) is 6.07 Å². The second kappa shape index (κ2) is 8.71. The first kappa shape index (κ1) is 20.8. The fraction of sp³-hybridized carbons (Fsp3) is 0.409. The molecule has 4 rings (SSSR count). The summed E-state index contributed by atoms with van der Waals surface area (Å²) in [6.07, 6.45) is 2.02. The molecular formula is C22H23N3O6. The van der Waals surface area contributed by atoms with E-state index >= 15 is 0 Å². The fourth-order valence-electron chi connectivity index (χ4n) is 4.36. The van der Waals surface area contributed by atoms with Crippen LogP contribution < -0.4 is 5.32 Å². The van der Waals surface area contributed by atoms with Gasteiger partial charge in [-0.2, -0.15) is 0 Å². The monoisotopic (exact) mass is 425 g/mol. The number of likely N-dealkylation sites (tertiary alicyclic amines) is 1. The Hall–Kier alpha value is -3.49. The number of fused-ring (bicyclic) bond motifs is 1. The van der Waals surface area contributed by atoms with Gasteiger partial charge in [-0.15, -0.1) is 0 Å². The van der Waals surface area contributed by atoms with Crippen molar-refractivity contribution in [1.29, 1.82) is 0 Å². The summed E-state index contributed by atoms with van der Waals surface area (Å²) in [6.45, 7) is 0.632. The zero-order valence-electron chi connectivity index (χ0n) is 17.1. The van der Waals surface area contributed by atoms with Gasteiger partial charge in [0.25, 0.3) is 5.91 Å². The zero-order chi connectivity index (χ0) is 22.0. The number of carbonyl (C=O) groups is 4. The maximum absolute atomic E-state index is 12.8. The Labute approximate surface area is 178 Å². The molecule has 1 saturated carbocycles. The van der Waals surface area contributed by atoms with E-state index in [2.05, 4.69) is 10.5 Å². The molecule has 2 heterocycles. The molecular weight excluding hydrogens is 402 g/mol. The van der Waals surface area contributed by atoms with Crippen molar-refractivity contribution < 1.29 is 28.4 Å². The molecule has 0 spiro atoms. The average molecular weight is 425 g/mol. The Balaban J connectivity index is 1.30. The van der Waals surface area contributed by atoms with Crippen LogP contribution in [0.5, 0.6) is 0 Å². The molecule has 1 aliphatic heterocycles. The molecule has 162 valence electrons. The minimum absolute atomic E-state index is 0.209. The predicted octanol–water partition coefficient (Wildman–Crippen LogP) is 2.03. The Morgan fingerprint density at radius 3 is 2.61 bits per heavy atom. The molecule has 1 aliphatic carbocycles. The lowest BCUT2D eigenvalue weighted by Crippen LogP contribution is -2.37. The van der Waals surface area contributed by atoms with E-state index in [9.17, 15) is 19.2 Å². The van der Waals surface area contributed by atoms with Crippen molar-refractivity contribution >= 4 is 29.5 Å². The number of carbonyl (C=O) groups excluding carboxylic acids is 4. The summed E-state index contributed by atoms with van der Waals surface area (Å²) >= 11 is 0. The molecule has 0 radical (unpaired) electrons. The van der Waals surface area contributed by atoms with Crippen LogP contribution in [0.4, 0.5) is 5.82 Å². The van der Waals surface area contributed by atoms with Gasteiger partial charge >= 0.3 is 5.97 Å². The van der Waals surface area contributed by atoms with E-state index in [0.29, 0.717) is 18.6 Å². The van der Waals surface area contributed by atoms with Gasteiger partial charge in [-0.1, -0.05) is 35.5 Å². The van der Waals surface area contributed by atoms with Gasteiger partial charge in [0.1, 0.15) is 12.3 Å². The highest BCUT2D eigenvalue weighted by atomic mass is 16.5. The van der Waals surface area contributed by atoms with Crippen molar-refractivity contribution in [3.63, 3.8) is 0 Å². The van der Waals surface area contributed by atoms with Crippen LogP contribution in [0.15, 0.2) is 40.9 Å². The molecule has 0 unspecified atom stereocenters. The molecule has 2 fully saturated rings. The van der Waals surface area contributed by atoms with Crippen LogP contribution in [-0.4, -0.2) is 46.9 Å². The summed E-state index contributed by atoms with van der Waals surface area (Å²) in [4.78, 5) is 50.5. The number of anilines is 1. The van der Waals surface area contributed by atoms with E-state index in [0.717, 1.165) is 16.9 Å². The molecule has 2 aliphatic rings. The second-order valence-electron chi connectivity index (χ2n) is 7.93. The highest BCUT2D eigenvalue weighted by Gasteiger charge is 2.50. The third-order valence-corrected chi connectivity index (χ3v) is 5.83. The summed E-state index contributed by atoms with van der Waals surface area (Å²) in [6, 6.07) is 11.5. The van der Waals surface area contributed by atoms with E-state index in [-0.39, 0.29) is 29.5 Å². The number of aromatic nitrogens is 1. The summed E-state index contributed by atoms with van der Waals surface area (Å²) in [5.41, 5.74) is 1.16. The number of ether oxygens (including phenoxy) is 1. The van der Waals surface area contributed by atoms with Crippen molar-refractivity contribution in [2.45, 2.75) is 32.1 Å². The topological polar surface area (TPSA) is 119 Å². The number of rotatable bonds is 6. The maximum atomic E-state index is 12.8. The summed E-state index contributed by atoms with van der Waals surface area (Å²) in [5.74, 6) is -1.94. The third kappa shape index (κ3) is 4.50. The zero-order valence-corrected chi connectivity index (χ0v) is 17.1. The molecule has 3 atom stereocenters. The third-order valence-electron chi connectivity index (χ3n) is 5.83. The first-order chi connectivity index (χ1) is 14.9. The first-order valence-corrected chi connectivity index (χ1v) is 10.2. The van der Waals surface area contributed by atoms with Crippen LogP contribution in [0, 0.1) is 18.8 Å². The Morgan fingerprint density at radius 2 is 1.90 bits per heavy atom. The Morgan fingerprint density at radius 1 is 1.16 bits per heavy atom. The lowest BCUT2D eigenvalue weighted by atomic mass is 9.73. The number of hydrogen-bond acceptors (Lipinski definition) is 7. The number of aryl methyl sites for hydroxylation is 1. The number of nitrogens with one attached hydrogen (secondary N) is 1. The molecule has 31 heavy (non-hydrogen) atoms. The van der Waals surface area contributed by atoms with Gasteiger partial charge in [0.05, 0.1) is 11.8 Å². The van der Waals surface area contributed by atoms with Crippen LogP contribution in [0.3, 0.4) is 0 Å². The van der Waals surface area contributed by atoms with Crippen LogP contribution in [-0.2, 0) is 23.9 Å². The predicted molar refractivity (Wildman–Crippen MR) is 108 cm³/mol. The number of nitrogens with zero attached hydrogens (tertiary/aromatic N) is 2. The lowest BCUT2D eigenvalue weighted by molar-refractivity contribution is -0.154. The van der Waals surface area contributed by atoms with Crippen molar-refractivity contribution in [2.24, 2.45) is 11.8 Å². The lowest BCUT2D eigenvalue weighted by Gasteiger charge is -2.28. The van der Waals surface area contributed by atoms with Gasteiger partial charge in [-0.25, -0.2) is 0 Å². The smallest absolute Gasteiger partial charge is 0.326 e. The van der Waals surface area contributed by atoms with E-state index in [4.69, 9.17) is 9.26 Å². The summed E-state index contributed by atoms with van der Waals surface area (Å²) in [7, 11) is 0. The summed E-state index contributed by atoms with van der Waals surface area (Å²) in [5, 5.41) is 6.03. The summed E-state index contributed by atoms with van der Waals surface area (Å²) < 4.78 is 9.76. The molecule has 1 N–H and O–H groups in total. The van der Waals surface area contributed by atoms with Gasteiger partial charge in [0.2, 0.25) is 11.8 Å². The Bertz CT molecular complexity index is 1000. The molecule has 2 aromatic rings. The number of imide groups is 1. The van der Waals surface area contributed by atoms with Crippen LogP contribution in [0.1, 0.15) is 36.5 Å². The van der Waals surface area contributed by atoms with Crippen molar-refractivity contribution in [3.05, 3.63) is 47.7 Å². The van der Waals surface area contributed by atoms with E-state index in [1.165, 1.54) is 6.07 Å². The molecule has 1 aromatic carbocycles. The average Bonchev–Trinajstić information content (AvgIpc) is 3.28. The quantitative estimate of drug-likeness (QED) is 0.556. The second-order valence-corrected chi connectivity index (χ2v) is 7.93. The molecule has 1 aromatic heterocycles. The fourth-order valence-corrected chi connectivity index (χ4v) is 4.36. The standard InChI is InChI=1S/C22H23N3O6/c1-13-9-18(24-31-13)23-19(26)12-30-20(27)11-25-21(28)16-8-7-15(10-17(16)22(25)29)14-5-3-2-4-6-14/h2-6,9,15-17H,7-8,10-12H2,1H3,(H,23,24,26)/t15-,16+,17+/m0/s1.